The van der Waals surface area contributed by atoms with Crippen LogP contribution in [0.1, 0.15) is 45.5 Å². The summed E-state index contributed by atoms with van der Waals surface area (Å²) in [5.74, 6) is -0.612. The lowest BCUT2D eigenvalue weighted by atomic mass is 9.89. The number of alkyl halides is 3. The summed E-state index contributed by atoms with van der Waals surface area (Å²) < 4.78 is 72.8. The van der Waals surface area contributed by atoms with Gasteiger partial charge in [-0.2, -0.15) is 13.2 Å². The van der Waals surface area contributed by atoms with Crippen molar-refractivity contribution in [3.8, 4) is 0 Å². The molecule has 3 aliphatic rings. The van der Waals surface area contributed by atoms with Crippen LogP contribution in [-0.2, 0) is 32.2 Å². The van der Waals surface area contributed by atoms with E-state index in [-0.39, 0.29) is 62.0 Å². The molecule has 256 valence electrons. The van der Waals surface area contributed by atoms with Gasteiger partial charge < -0.3 is 20.1 Å². The van der Waals surface area contributed by atoms with Crippen LogP contribution in [0.2, 0.25) is 0 Å². The molecule has 2 aromatic rings. The first-order chi connectivity index (χ1) is 22.3. The molecule has 0 atom stereocenters. The zero-order valence-electron chi connectivity index (χ0n) is 26.3. The zero-order valence-corrected chi connectivity index (χ0v) is 27.1. The van der Waals surface area contributed by atoms with Gasteiger partial charge in [0.15, 0.2) is 0 Å². The number of nitrogens with one attached hydrogen (secondary N) is 1. The topological polar surface area (TPSA) is 132 Å². The van der Waals surface area contributed by atoms with Crippen LogP contribution in [0.25, 0.3) is 0 Å². The Kier molecular flexibility index (Phi) is 10.7. The van der Waals surface area contributed by atoms with Crippen molar-refractivity contribution in [2.24, 2.45) is 4.99 Å². The van der Waals surface area contributed by atoms with Gasteiger partial charge in [-0.15, -0.1) is 0 Å². The molecule has 47 heavy (non-hydrogen) atoms. The Hall–Kier alpha value is -3.37. The summed E-state index contributed by atoms with van der Waals surface area (Å²) in [5, 5.41) is 11.4. The average molecular weight is 680 g/mol. The van der Waals surface area contributed by atoms with Crippen molar-refractivity contribution in [2.75, 3.05) is 71.4 Å². The number of carbonyl (C=O) groups excluding carboxylic acids is 2. The predicted octanol–water partition coefficient (Wildman–Crippen LogP) is 2.06. The minimum atomic E-state index is -4.54. The van der Waals surface area contributed by atoms with E-state index >= 15 is 0 Å². The highest BCUT2D eigenvalue weighted by Crippen LogP contribution is 2.34. The fourth-order valence-corrected chi connectivity index (χ4v) is 7.64. The van der Waals surface area contributed by atoms with Crippen LogP contribution in [0.15, 0.2) is 47.5 Å². The van der Waals surface area contributed by atoms with Crippen LogP contribution < -0.4 is 5.32 Å². The van der Waals surface area contributed by atoms with E-state index in [4.69, 9.17) is 9.84 Å². The van der Waals surface area contributed by atoms with Crippen molar-refractivity contribution in [1.29, 1.82) is 0 Å². The fourth-order valence-electron chi connectivity index (χ4n) is 6.16. The number of aliphatic imine (C=N–C) groups is 1. The SMILES string of the molecule is Cc1cc(C(=O)N2CCN(CCOCCO)CC2)ccc1CCS(=O)(=O)N1CCC2(CC1)N=C(c1cccc(C(F)(F)F)c1)NC2=O. The number of sulfonamides is 1. The van der Waals surface area contributed by atoms with Gasteiger partial charge in [-0.1, -0.05) is 18.2 Å². The molecule has 3 aliphatic heterocycles. The Morgan fingerprint density at radius 2 is 1.77 bits per heavy atom. The first-order valence-corrected chi connectivity index (χ1v) is 17.3. The number of amidine groups is 1. The number of aliphatic hydroxyl groups excluding tert-OH is 1. The number of hydrogen-bond acceptors (Lipinski definition) is 8. The maximum Gasteiger partial charge on any atom is 0.416 e. The van der Waals surface area contributed by atoms with Crippen LogP contribution in [0.3, 0.4) is 0 Å². The lowest BCUT2D eigenvalue weighted by molar-refractivity contribution is -0.137. The number of aliphatic hydroxyl groups is 1. The molecule has 0 aliphatic carbocycles. The van der Waals surface area contributed by atoms with E-state index in [9.17, 15) is 31.2 Å². The summed E-state index contributed by atoms with van der Waals surface area (Å²) in [6, 6.07) is 9.90. The van der Waals surface area contributed by atoms with Gasteiger partial charge in [-0.25, -0.2) is 12.7 Å². The molecule has 2 amide bonds. The highest BCUT2D eigenvalue weighted by Gasteiger charge is 2.47. The number of amides is 2. The third-order valence-electron chi connectivity index (χ3n) is 9.05. The van der Waals surface area contributed by atoms with Gasteiger partial charge in [0.25, 0.3) is 11.8 Å². The van der Waals surface area contributed by atoms with Crippen molar-refractivity contribution >= 4 is 27.7 Å². The fraction of sp³-hybridized carbons (Fsp3) is 0.531. The van der Waals surface area contributed by atoms with Gasteiger partial charge >= 0.3 is 6.18 Å². The molecule has 0 unspecified atom stereocenters. The van der Waals surface area contributed by atoms with Crippen molar-refractivity contribution in [3.05, 3.63) is 70.3 Å². The van der Waals surface area contributed by atoms with Gasteiger partial charge in [-0.05, 0) is 61.6 Å². The summed E-state index contributed by atoms with van der Waals surface area (Å²) in [6.45, 7) is 6.19. The maximum atomic E-state index is 13.3. The highest BCUT2D eigenvalue weighted by atomic mass is 32.2. The third-order valence-corrected chi connectivity index (χ3v) is 10.9. The molecule has 0 saturated carbocycles. The van der Waals surface area contributed by atoms with Crippen LogP contribution in [0, 0.1) is 6.92 Å². The summed E-state index contributed by atoms with van der Waals surface area (Å²) >= 11 is 0. The quantitative estimate of drug-likeness (QED) is 0.348. The van der Waals surface area contributed by atoms with Gasteiger partial charge in [0.05, 0.1) is 31.1 Å². The Labute approximate surface area is 272 Å². The number of halogens is 3. The molecule has 2 saturated heterocycles. The average Bonchev–Trinajstić information content (AvgIpc) is 3.37. The Balaban J connectivity index is 1.13. The van der Waals surface area contributed by atoms with Gasteiger partial charge in [0, 0.05) is 56.9 Å². The maximum absolute atomic E-state index is 13.3. The number of piperidine rings is 1. The van der Waals surface area contributed by atoms with E-state index in [1.54, 1.807) is 18.2 Å². The number of rotatable bonds is 11. The Bertz CT molecular complexity index is 1600. The van der Waals surface area contributed by atoms with Crippen molar-refractivity contribution in [2.45, 2.75) is 37.9 Å². The second kappa shape index (κ2) is 14.4. The highest BCUT2D eigenvalue weighted by molar-refractivity contribution is 7.89. The molecule has 11 nitrogen and oxygen atoms in total. The molecule has 2 aromatic carbocycles. The Morgan fingerprint density at radius 3 is 2.43 bits per heavy atom. The molecule has 0 aromatic heterocycles. The van der Waals surface area contributed by atoms with Crippen molar-refractivity contribution in [3.63, 3.8) is 0 Å². The normalized spacial score (nSPS) is 19.2. The van der Waals surface area contributed by atoms with Gasteiger partial charge in [-0.3, -0.25) is 19.5 Å². The molecule has 0 bridgehead atoms. The monoisotopic (exact) mass is 679 g/mol. The minimum absolute atomic E-state index is 0.00712. The number of piperazine rings is 1. The summed E-state index contributed by atoms with van der Waals surface area (Å²) in [7, 11) is -3.68. The lowest BCUT2D eigenvalue weighted by Crippen LogP contribution is -2.50. The predicted molar refractivity (Wildman–Crippen MR) is 169 cm³/mol. The van der Waals surface area contributed by atoms with Crippen molar-refractivity contribution in [1.82, 2.24) is 19.4 Å². The van der Waals surface area contributed by atoms with Crippen LogP contribution >= 0.6 is 0 Å². The van der Waals surface area contributed by atoms with E-state index in [2.05, 4.69) is 15.2 Å². The summed E-state index contributed by atoms with van der Waals surface area (Å²) in [6.07, 6.45) is -4.06. The second-order valence-corrected chi connectivity index (χ2v) is 14.2. The van der Waals surface area contributed by atoms with Gasteiger partial charge in [0.1, 0.15) is 11.4 Å². The van der Waals surface area contributed by atoms with Crippen LogP contribution in [0.5, 0.6) is 0 Å². The second-order valence-electron chi connectivity index (χ2n) is 12.1. The Morgan fingerprint density at radius 1 is 1.04 bits per heavy atom. The first kappa shape index (κ1) is 35.0. The van der Waals surface area contributed by atoms with Crippen LogP contribution in [0.4, 0.5) is 13.2 Å². The number of carbonyl (C=O) groups is 2. The van der Waals surface area contributed by atoms with E-state index in [0.717, 1.165) is 42.9 Å². The summed E-state index contributed by atoms with van der Waals surface area (Å²) in [5.41, 5.74) is 0.255. The van der Waals surface area contributed by atoms with E-state index in [1.165, 1.54) is 16.4 Å². The molecule has 3 heterocycles. The smallest absolute Gasteiger partial charge is 0.394 e. The van der Waals surface area contributed by atoms with Crippen molar-refractivity contribution < 1.29 is 41.0 Å². The minimum Gasteiger partial charge on any atom is -0.394 e. The molecule has 5 rings (SSSR count). The van der Waals surface area contributed by atoms with E-state index in [0.29, 0.717) is 31.9 Å². The third kappa shape index (κ3) is 8.20. The van der Waals surface area contributed by atoms with E-state index < -0.39 is 33.2 Å². The molecule has 2 fully saturated rings. The van der Waals surface area contributed by atoms with Gasteiger partial charge in [0.2, 0.25) is 10.0 Å². The largest absolute Gasteiger partial charge is 0.416 e. The number of hydrogen-bond donors (Lipinski definition) is 2. The molecule has 2 N–H and O–H groups in total. The standard InChI is InChI=1S/C32H40F3N5O6S/c1-23-21-26(29(42)39-14-12-38(13-15-39)16-18-46-19-17-41)6-5-24(23)7-20-47(44,45)40-10-8-31(9-11-40)30(43)36-28(37-31)25-3-2-4-27(22-25)32(33,34)35/h2-6,21-22,41H,7-20H2,1H3,(H,36,37,43). The number of benzene rings is 2. The van der Waals surface area contributed by atoms with E-state index in [1.807, 2.05) is 11.8 Å². The lowest BCUT2D eigenvalue weighted by Gasteiger charge is -2.35. The molecule has 15 heteroatoms. The molecular weight excluding hydrogens is 639 g/mol. The number of aryl methyl sites for hydroxylation is 2. The molecule has 0 radical (unpaired) electrons. The summed E-state index contributed by atoms with van der Waals surface area (Å²) in [4.78, 5) is 34.6. The molecular formula is C32H40F3N5O6S. The number of ether oxygens (including phenoxy) is 1. The number of nitrogens with zero attached hydrogens (tertiary/aromatic N) is 4. The van der Waals surface area contributed by atoms with Crippen LogP contribution in [-0.4, -0.2) is 122 Å². The zero-order chi connectivity index (χ0) is 33.8. The first-order valence-electron chi connectivity index (χ1n) is 15.7. The molecule has 1 spiro atoms.